The molecule has 1 rings (SSSR count). The number of rotatable bonds is 2. The van der Waals surface area contributed by atoms with Crippen LogP contribution in [0.15, 0.2) is 23.1 Å². The molecule has 0 aromatic heterocycles. The molecule has 0 amide bonds. The second-order valence-electron chi connectivity index (χ2n) is 4.79. The lowest BCUT2D eigenvalue weighted by atomic mass is 10.1. The van der Waals surface area contributed by atoms with E-state index in [1.54, 1.807) is 12.1 Å². The van der Waals surface area contributed by atoms with Crippen LogP contribution in [0.3, 0.4) is 0 Å². The van der Waals surface area contributed by atoms with Crippen molar-refractivity contribution in [1.29, 1.82) is 0 Å². The Morgan fingerprint density at radius 2 is 1.81 bits per heavy atom. The molecule has 1 N–H and O–H groups in total. The zero-order chi connectivity index (χ0) is 12.6. The van der Waals surface area contributed by atoms with E-state index in [0.29, 0.717) is 4.90 Å². The maximum Gasteiger partial charge on any atom is 0.242 e. The summed E-state index contributed by atoms with van der Waals surface area (Å²) in [5.41, 5.74) is 0.589. The van der Waals surface area contributed by atoms with Crippen molar-refractivity contribution in [1.82, 2.24) is 4.72 Å². The van der Waals surface area contributed by atoms with Gasteiger partial charge in [0.25, 0.3) is 0 Å². The highest BCUT2D eigenvalue weighted by Gasteiger charge is 2.23. The lowest BCUT2D eigenvalue weighted by Crippen LogP contribution is -2.40. The zero-order valence-corrected chi connectivity index (χ0v) is 12.8. The molecule has 3 nitrogen and oxygen atoms in total. The third kappa shape index (κ3) is 3.71. The van der Waals surface area contributed by atoms with Crippen molar-refractivity contribution in [3.63, 3.8) is 0 Å². The predicted molar refractivity (Wildman–Crippen MR) is 74.0 cm³/mol. The summed E-state index contributed by atoms with van der Waals surface area (Å²) in [6.07, 6.45) is 0. The zero-order valence-electron chi connectivity index (χ0n) is 9.83. The van der Waals surface area contributed by atoms with Crippen LogP contribution in [0.1, 0.15) is 26.3 Å². The summed E-state index contributed by atoms with van der Waals surface area (Å²) in [6, 6.07) is 5.31. The number of sulfonamides is 1. The quantitative estimate of drug-likeness (QED) is 0.831. The second kappa shape index (κ2) is 4.62. The van der Waals surface area contributed by atoms with Gasteiger partial charge >= 0.3 is 0 Å². The number of aryl methyl sites for hydroxylation is 1. The van der Waals surface area contributed by atoms with Gasteiger partial charge in [-0.15, -0.1) is 0 Å². The van der Waals surface area contributed by atoms with E-state index in [9.17, 15) is 8.42 Å². The maximum atomic E-state index is 12.1. The third-order valence-corrected chi connectivity index (χ3v) is 4.89. The van der Waals surface area contributed by atoms with Gasteiger partial charge in [-0.05, 0) is 68.0 Å². The first-order valence-corrected chi connectivity index (χ1v) is 7.48. The molecule has 0 atom stereocenters. The monoisotopic (exact) mass is 353 g/mol. The van der Waals surface area contributed by atoms with Gasteiger partial charge in [-0.3, -0.25) is 0 Å². The molecular weight excluding hydrogens is 337 g/mol. The van der Waals surface area contributed by atoms with Crippen molar-refractivity contribution >= 4 is 32.6 Å². The first kappa shape index (κ1) is 13.9. The summed E-state index contributed by atoms with van der Waals surface area (Å²) in [7, 11) is -3.42. The van der Waals surface area contributed by atoms with Crippen molar-refractivity contribution in [2.75, 3.05) is 0 Å². The molecular formula is C11H16INO2S. The molecule has 0 aliphatic rings. The minimum absolute atomic E-state index is 0.341. The van der Waals surface area contributed by atoms with Crippen LogP contribution in [-0.4, -0.2) is 14.0 Å². The van der Waals surface area contributed by atoms with E-state index in [1.807, 2.05) is 56.4 Å². The van der Waals surface area contributed by atoms with E-state index >= 15 is 0 Å². The van der Waals surface area contributed by atoms with Gasteiger partial charge in [-0.1, -0.05) is 6.07 Å². The smallest absolute Gasteiger partial charge is 0.207 e. The summed E-state index contributed by atoms with van der Waals surface area (Å²) in [5, 5.41) is 0. The van der Waals surface area contributed by atoms with Gasteiger partial charge in [0, 0.05) is 9.11 Å². The van der Waals surface area contributed by atoms with Gasteiger partial charge in [-0.25, -0.2) is 13.1 Å². The van der Waals surface area contributed by atoms with Gasteiger partial charge < -0.3 is 0 Å². The fourth-order valence-corrected chi connectivity index (χ4v) is 4.30. The number of halogens is 1. The second-order valence-corrected chi connectivity index (χ2v) is 7.60. The molecule has 16 heavy (non-hydrogen) atoms. The van der Waals surface area contributed by atoms with Gasteiger partial charge in [0.2, 0.25) is 10.0 Å². The Labute approximate surface area is 111 Å². The summed E-state index contributed by atoms with van der Waals surface area (Å²) in [5.74, 6) is 0. The van der Waals surface area contributed by atoms with Crippen LogP contribution < -0.4 is 4.72 Å². The van der Waals surface area contributed by atoms with E-state index < -0.39 is 15.6 Å². The minimum Gasteiger partial charge on any atom is -0.207 e. The SMILES string of the molecule is Cc1ccc(S(=O)(=O)NC(C)(C)C)c(I)c1. The van der Waals surface area contributed by atoms with E-state index in [2.05, 4.69) is 4.72 Å². The fraction of sp³-hybridized carbons (Fsp3) is 0.455. The first-order valence-electron chi connectivity index (χ1n) is 4.92. The molecule has 0 bridgehead atoms. The lowest BCUT2D eigenvalue weighted by Gasteiger charge is -2.20. The number of benzene rings is 1. The molecule has 0 radical (unpaired) electrons. The van der Waals surface area contributed by atoms with Crippen molar-refractivity contribution in [3.8, 4) is 0 Å². The van der Waals surface area contributed by atoms with Crippen LogP contribution in [0.2, 0.25) is 0 Å². The van der Waals surface area contributed by atoms with Crippen LogP contribution in [-0.2, 0) is 10.0 Å². The molecule has 0 aliphatic heterocycles. The summed E-state index contributed by atoms with van der Waals surface area (Å²) >= 11 is 2.04. The van der Waals surface area contributed by atoms with Crippen LogP contribution >= 0.6 is 22.6 Å². The molecule has 0 saturated carbocycles. The highest BCUT2D eigenvalue weighted by Crippen LogP contribution is 2.20. The Bertz CT molecular complexity index is 489. The average Bonchev–Trinajstić information content (AvgIpc) is 1.97. The van der Waals surface area contributed by atoms with Crippen LogP contribution in [0.5, 0.6) is 0 Å². The van der Waals surface area contributed by atoms with Gasteiger partial charge in [0.15, 0.2) is 0 Å². The Morgan fingerprint density at radius 3 is 2.25 bits per heavy atom. The maximum absolute atomic E-state index is 12.1. The highest BCUT2D eigenvalue weighted by molar-refractivity contribution is 14.1. The molecule has 1 aromatic rings. The van der Waals surface area contributed by atoms with Crippen molar-refractivity contribution in [3.05, 3.63) is 27.3 Å². The van der Waals surface area contributed by atoms with Crippen molar-refractivity contribution in [2.45, 2.75) is 38.1 Å². The topological polar surface area (TPSA) is 46.2 Å². The Kier molecular flexibility index (Phi) is 4.02. The van der Waals surface area contributed by atoms with Crippen molar-refractivity contribution < 1.29 is 8.42 Å². The molecule has 90 valence electrons. The Morgan fingerprint density at radius 1 is 1.25 bits per heavy atom. The number of hydrogen-bond acceptors (Lipinski definition) is 2. The largest absolute Gasteiger partial charge is 0.242 e. The van der Waals surface area contributed by atoms with Gasteiger partial charge in [0.05, 0.1) is 4.90 Å². The number of nitrogens with one attached hydrogen (secondary N) is 1. The Hall–Kier alpha value is -0.140. The van der Waals surface area contributed by atoms with E-state index in [1.165, 1.54) is 0 Å². The molecule has 0 heterocycles. The molecule has 0 fully saturated rings. The number of hydrogen-bond donors (Lipinski definition) is 1. The summed E-state index contributed by atoms with van der Waals surface area (Å²) < 4.78 is 27.5. The molecule has 0 unspecified atom stereocenters. The highest BCUT2D eigenvalue weighted by atomic mass is 127. The van der Waals surface area contributed by atoms with Crippen LogP contribution in [0, 0.1) is 10.5 Å². The molecule has 0 spiro atoms. The van der Waals surface area contributed by atoms with Gasteiger partial charge in [0.1, 0.15) is 0 Å². The fourth-order valence-electron chi connectivity index (χ4n) is 1.28. The average molecular weight is 353 g/mol. The van der Waals surface area contributed by atoms with Crippen LogP contribution in [0.4, 0.5) is 0 Å². The molecule has 0 saturated heterocycles. The van der Waals surface area contributed by atoms with Crippen LogP contribution in [0.25, 0.3) is 0 Å². The third-order valence-electron chi connectivity index (χ3n) is 1.82. The van der Waals surface area contributed by atoms with Crippen molar-refractivity contribution in [2.24, 2.45) is 0 Å². The molecule has 0 aliphatic carbocycles. The minimum atomic E-state index is -3.42. The molecule has 1 aromatic carbocycles. The van der Waals surface area contributed by atoms with E-state index in [4.69, 9.17) is 0 Å². The first-order chi connectivity index (χ1) is 7.12. The summed E-state index contributed by atoms with van der Waals surface area (Å²) in [4.78, 5) is 0.341. The van der Waals surface area contributed by atoms with Gasteiger partial charge in [-0.2, -0.15) is 0 Å². The molecule has 5 heteroatoms. The predicted octanol–water partition coefficient (Wildman–Crippen LogP) is 2.68. The van der Waals surface area contributed by atoms with E-state index in [0.717, 1.165) is 9.13 Å². The lowest BCUT2D eigenvalue weighted by molar-refractivity contribution is 0.491. The normalized spacial score (nSPS) is 12.8. The van der Waals surface area contributed by atoms with E-state index in [-0.39, 0.29) is 0 Å². The summed E-state index contributed by atoms with van der Waals surface area (Å²) in [6.45, 7) is 7.42. The standard InChI is InChI=1S/C11H16INO2S/c1-8-5-6-10(9(12)7-8)16(14,15)13-11(2,3)4/h5-7,13H,1-4H3. The Balaban J connectivity index is 3.18.